The maximum atomic E-state index is 13.7. The SMILES string of the molecule is CSCC[C@@H](NC(=O)C1Cc2ccccc2CN1C(=O)[C@@H](NC(=O)[C@@H](N)CS)C(C)C)C(=O)O. The molecule has 2 rings (SSSR count). The molecule has 11 heteroatoms. The summed E-state index contributed by atoms with van der Waals surface area (Å²) in [7, 11) is 0. The average molecular weight is 511 g/mol. The van der Waals surface area contributed by atoms with E-state index in [4.69, 9.17) is 5.73 Å². The number of amides is 3. The number of hydrogen-bond acceptors (Lipinski definition) is 7. The first kappa shape index (κ1) is 28.0. The summed E-state index contributed by atoms with van der Waals surface area (Å²) in [5.41, 5.74) is 7.59. The minimum Gasteiger partial charge on any atom is -0.480 e. The van der Waals surface area contributed by atoms with Crippen molar-refractivity contribution in [1.82, 2.24) is 15.5 Å². The van der Waals surface area contributed by atoms with E-state index in [0.29, 0.717) is 5.75 Å². The first-order valence-electron chi connectivity index (χ1n) is 11.2. The maximum Gasteiger partial charge on any atom is 0.326 e. The molecule has 4 atom stereocenters. The van der Waals surface area contributed by atoms with Crippen LogP contribution in [0, 0.1) is 5.92 Å². The molecule has 1 heterocycles. The summed E-state index contributed by atoms with van der Waals surface area (Å²) < 4.78 is 0. The Labute approximate surface area is 210 Å². The molecule has 0 saturated carbocycles. The van der Waals surface area contributed by atoms with Crippen molar-refractivity contribution < 1.29 is 24.3 Å². The summed E-state index contributed by atoms with van der Waals surface area (Å²) >= 11 is 5.53. The molecule has 1 aromatic rings. The molecule has 0 bridgehead atoms. The van der Waals surface area contributed by atoms with Crippen molar-refractivity contribution in [2.24, 2.45) is 11.7 Å². The number of rotatable bonds is 11. The van der Waals surface area contributed by atoms with Gasteiger partial charge in [-0.05, 0) is 35.5 Å². The molecule has 1 aliphatic rings. The van der Waals surface area contributed by atoms with Crippen molar-refractivity contribution >= 4 is 48.1 Å². The van der Waals surface area contributed by atoms with E-state index in [1.54, 1.807) is 13.8 Å². The van der Waals surface area contributed by atoms with Crippen LogP contribution in [0.5, 0.6) is 0 Å². The Hall–Kier alpha value is -2.24. The Morgan fingerprint density at radius 1 is 1.21 bits per heavy atom. The average Bonchev–Trinajstić information content (AvgIpc) is 2.82. The third-order valence-electron chi connectivity index (χ3n) is 5.82. The van der Waals surface area contributed by atoms with E-state index in [1.165, 1.54) is 16.7 Å². The summed E-state index contributed by atoms with van der Waals surface area (Å²) in [6, 6.07) is 3.78. The van der Waals surface area contributed by atoms with E-state index in [1.807, 2.05) is 30.5 Å². The van der Waals surface area contributed by atoms with Gasteiger partial charge < -0.3 is 26.4 Å². The quantitative estimate of drug-likeness (QED) is 0.275. The van der Waals surface area contributed by atoms with Gasteiger partial charge in [-0.15, -0.1) is 0 Å². The first-order valence-corrected chi connectivity index (χ1v) is 13.2. The normalized spacial score (nSPS) is 17.9. The van der Waals surface area contributed by atoms with Crippen LogP contribution in [0.3, 0.4) is 0 Å². The lowest BCUT2D eigenvalue weighted by Crippen LogP contribution is -2.61. The van der Waals surface area contributed by atoms with Crippen molar-refractivity contribution in [1.29, 1.82) is 0 Å². The summed E-state index contributed by atoms with van der Waals surface area (Å²) in [4.78, 5) is 52.5. The molecule has 3 amide bonds. The lowest BCUT2D eigenvalue weighted by atomic mass is 9.91. The molecule has 0 fully saturated rings. The summed E-state index contributed by atoms with van der Waals surface area (Å²) in [5.74, 6) is -2.14. The predicted molar refractivity (Wildman–Crippen MR) is 136 cm³/mol. The topological polar surface area (TPSA) is 142 Å². The number of nitrogens with two attached hydrogens (primary N) is 1. The Morgan fingerprint density at radius 2 is 1.85 bits per heavy atom. The molecule has 0 spiro atoms. The highest BCUT2D eigenvalue weighted by Crippen LogP contribution is 2.25. The zero-order valence-electron chi connectivity index (χ0n) is 19.7. The van der Waals surface area contributed by atoms with Crippen LogP contribution in [0.1, 0.15) is 31.4 Å². The molecule has 188 valence electrons. The Kier molecular flexibility index (Phi) is 10.7. The first-order chi connectivity index (χ1) is 16.1. The number of carboxylic acids is 1. The number of thiol groups is 1. The van der Waals surface area contributed by atoms with E-state index in [-0.39, 0.29) is 31.1 Å². The fourth-order valence-electron chi connectivity index (χ4n) is 3.79. The number of hydrogen-bond donors (Lipinski definition) is 5. The minimum absolute atomic E-state index is 0.125. The van der Waals surface area contributed by atoms with Crippen molar-refractivity contribution in [2.75, 3.05) is 17.8 Å². The summed E-state index contributed by atoms with van der Waals surface area (Å²) in [6.45, 7) is 3.77. The number of thioether (sulfide) groups is 1. The van der Waals surface area contributed by atoms with Gasteiger partial charge in [-0.25, -0.2) is 4.79 Å². The molecule has 0 aromatic heterocycles. The van der Waals surface area contributed by atoms with E-state index in [9.17, 15) is 24.3 Å². The third kappa shape index (κ3) is 7.13. The van der Waals surface area contributed by atoms with Crippen LogP contribution in [0.4, 0.5) is 0 Å². The molecule has 5 N–H and O–H groups in total. The van der Waals surface area contributed by atoms with Crippen LogP contribution in [0.15, 0.2) is 24.3 Å². The van der Waals surface area contributed by atoms with Gasteiger partial charge in [0.25, 0.3) is 0 Å². The molecule has 1 unspecified atom stereocenters. The van der Waals surface area contributed by atoms with Crippen LogP contribution in [0.25, 0.3) is 0 Å². The molecule has 1 aromatic carbocycles. The second-order valence-electron chi connectivity index (χ2n) is 8.66. The van der Waals surface area contributed by atoms with Gasteiger partial charge in [0, 0.05) is 18.7 Å². The van der Waals surface area contributed by atoms with Gasteiger partial charge in [-0.1, -0.05) is 38.1 Å². The Balaban J connectivity index is 2.34. The molecule has 34 heavy (non-hydrogen) atoms. The van der Waals surface area contributed by atoms with Gasteiger partial charge >= 0.3 is 5.97 Å². The standard InChI is InChI=1S/C23H34N4O5S2/c1-13(2)19(26-20(28)16(24)12-33)22(30)27-11-15-7-5-4-6-14(15)10-18(27)21(29)25-17(23(31)32)8-9-34-3/h4-7,13,16-19,33H,8-12,24H2,1-3H3,(H,25,29)(H,26,28)(H,31,32)/t16-,17+,18?,19-/m0/s1. The Bertz CT molecular complexity index is 898. The zero-order valence-corrected chi connectivity index (χ0v) is 21.4. The van der Waals surface area contributed by atoms with Crippen molar-refractivity contribution in [3.8, 4) is 0 Å². The number of benzene rings is 1. The van der Waals surface area contributed by atoms with Crippen LogP contribution < -0.4 is 16.4 Å². The van der Waals surface area contributed by atoms with E-state index in [2.05, 4.69) is 23.3 Å². The molecule has 9 nitrogen and oxygen atoms in total. The fraction of sp³-hybridized carbons (Fsp3) is 0.565. The predicted octanol–water partition coefficient (Wildman–Crippen LogP) is 0.660. The molecular weight excluding hydrogens is 476 g/mol. The largest absolute Gasteiger partial charge is 0.480 e. The molecule has 0 aliphatic carbocycles. The van der Waals surface area contributed by atoms with Gasteiger partial charge in [-0.2, -0.15) is 24.4 Å². The number of aliphatic carboxylic acids is 1. The monoisotopic (exact) mass is 510 g/mol. The van der Waals surface area contributed by atoms with Crippen LogP contribution in [-0.4, -0.2) is 75.6 Å². The van der Waals surface area contributed by atoms with Crippen molar-refractivity contribution in [2.45, 2.75) is 57.4 Å². The zero-order chi connectivity index (χ0) is 25.4. The van der Waals surface area contributed by atoms with Crippen molar-refractivity contribution in [3.63, 3.8) is 0 Å². The number of carboxylic acid groups (broad SMARTS) is 1. The van der Waals surface area contributed by atoms with E-state index < -0.39 is 47.9 Å². The van der Waals surface area contributed by atoms with Gasteiger partial charge in [0.05, 0.1) is 6.04 Å². The van der Waals surface area contributed by atoms with Crippen LogP contribution >= 0.6 is 24.4 Å². The second kappa shape index (κ2) is 13.0. The number of nitrogens with one attached hydrogen (secondary N) is 2. The fourth-order valence-corrected chi connectivity index (χ4v) is 4.42. The van der Waals surface area contributed by atoms with Gasteiger partial charge in [0.1, 0.15) is 18.1 Å². The number of carbonyl (C=O) groups excluding carboxylic acids is 3. The summed E-state index contributed by atoms with van der Waals surface area (Å²) in [5, 5.41) is 14.9. The third-order valence-corrected chi connectivity index (χ3v) is 6.86. The van der Waals surface area contributed by atoms with Gasteiger partial charge in [-0.3, -0.25) is 14.4 Å². The van der Waals surface area contributed by atoms with Gasteiger partial charge in [0.15, 0.2) is 0 Å². The van der Waals surface area contributed by atoms with Crippen LogP contribution in [-0.2, 0) is 32.1 Å². The van der Waals surface area contributed by atoms with E-state index in [0.717, 1.165) is 11.1 Å². The van der Waals surface area contributed by atoms with E-state index >= 15 is 0 Å². The van der Waals surface area contributed by atoms with Crippen molar-refractivity contribution in [3.05, 3.63) is 35.4 Å². The van der Waals surface area contributed by atoms with Crippen LogP contribution in [0.2, 0.25) is 0 Å². The maximum absolute atomic E-state index is 13.7. The molecule has 1 aliphatic heterocycles. The molecule has 0 saturated heterocycles. The summed E-state index contributed by atoms with van der Waals surface area (Å²) in [6.07, 6.45) is 2.38. The Morgan fingerprint density at radius 3 is 2.41 bits per heavy atom. The lowest BCUT2D eigenvalue weighted by Gasteiger charge is -2.39. The lowest BCUT2D eigenvalue weighted by molar-refractivity contribution is -0.147. The number of carbonyl (C=O) groups is 4. The molecule has 0 radical (unpaired) electrons. The highest BCUT2D eigenvalue weighted by molar-refractivity contribution is 7.98. The number of fused-ring (bicyclic) bond motifs is 1. The minimum atomic E-state index is -1.12. The highest BCUT2D eigenvalue weighted by atomic mass is 32.2. The second-order valence-corrected chi connectivity index (χ2v) is 10.0. The molecular formula is C23H34N4O5S2. The highest BCUT2D eigenvalue weighted by Gasteiger charge is 2.40. The van der Waals surface area contributed by atoms with Gasteiger partial charge in [0.2, 0.25) is 17.7 Å². The smallest absolute Gasteiger partial charge is 0.326 e. The number of nitrogens with zero attached hydrogens (tertiary/aromatic N) is 1.